The number of hydrogen-bond donors (Lipinski definition) is 3. The second-order valence-electron chi connectivity index (χ2n) is 2.78. The van der Waals surface area contributed by atoms with Crippen LogP contribution in [0.4, 0.5) is 0 Å². The Labute approximate surface area is 81.3 Å². The van der Waals surface area contributed by atoms with Crippen molar-refractivity contribution < 1.29 is 23.1 Å². The molecule has 0 heterocycles. The summed E-state index contributed by atoms with van der Waals surface area (Å²) >= 11 is 0. The molecule has 8 heteroatoms. The van der Waals surface area contributed by atoms with Gasteiger partial charge in [-0.3, -0.25) is 14.3 Å². The molecule has 0 aromatic carbocycles. The molecule has 0 aliphatic heterocycles. The molecule has 82 valence electrons. The van der Waals surface area contributed by atoms with Crippen molar-refractivity contribution in [2.24, 2.45) is 5.73 Å². The maximum atomic E-state index is 11.0. The van der Waals surface area contributed by atoms with Gasteiger partial charge in [-0.25, -0.2) is 8.42 Å². The lowest BCUT2D eigenvalue weighted by atomic mass is 10.1. The SMILES string of the molecule is CS(=O)(=O)NC(=O)C(N)CCC(=O)O. The van der Waals surface area contributed by atoms with Gasteiger partial charge in [-0.2, -0.15) is 0 Å². The maximum absolute atomic E-state index is 11.0. The highest BCUT2D eigenvalue weighted by atomic mass is 32.2. The maximum Gasteiger partial charge on any atom is 0.303 e. The average Bonchev–Trinajstić information content (AvgIpc) is 1.96. The van der Waals surface area contributed by atoms with Crippen LogP contribution in [0, 0.1) is 0 Å². The first-order chi connectivity index (χ1) is 6.22. The smallest absolute Gasteiger partial charge is 0.303 e. The molecule has 0 spiro atoms. The number of amides is 1. The Balaban J connectivity index is 4.07. The van der Waals surface area contributed by atoms with E-state index in [9.17, 15) is 18.0 Å². The molecule has 0 aliphatic carbocycles. The van der Waals surface area contributed by atoms with Crippen LogP contribution in [0.5, 0.6) is 0 Å². The molecule has 0 aliphatic rings. The van der Waals surface area contributed by atoms with Gasteiger partial charge in [-0.1, -0.05) is 0 Å². The fourth-order valence-corrected chi connectivity index (χ4v) is 1.19. The molecular formula is C6H12N2O5S. The van der Waals surface area contributed by atoms with E-state index in [0.29, 0.717) is 0 Å². The minimum absolute atomic E-state index is 0.101. The van der Waals surface area contributed by atoms with Crippen molar-refractivity contribution in [1.82, 2.24) is 4.72 Å². The molecule has 4 N–H and O–H groups in total. The molecule has 1 amide bonds. The molecule has 0 aromatic heterocycles. The van der Waals surface area contributed by atoms with Crippen LogP contribution in [0.1, 0.15) is 12.8 Å². The summed E-state index contributed by atoms with van der Waals surface area (Å²) in [5.41, 5.74) is 5.23. The summed E-state index contributed by atoms with van der Waals surface area (Å²) in [5, 5.41) is 8.27. The van der Waals surface area contributed by atoms with Crippen LogP contribution >= 0.6 is 0 Å². The van der Waals surface area contributed by atoms with E-state index in [1.807, 2.05) is 0 Å². The normalized spacial score (nSPS) is 13.3. The van der Waals surface area contributed by atoms with E-state index < -0.39 is 27.9 Å². The van der Waals surface area contributed by atoms with Gasteiger partial charge in [0.15, 0.2) is 0 Å². The number of nitrogens with two attached hydrogens (primary N) is 1. The second kappa shape index (κ2) is 4.91. The minimum Gasteiger partial charge on any atom is -0.481 e. The first-order valence-corrected chi connectivity index (χ1v) is 5.60. The van der Waals surface area contributed by atoms with Crippen LogP contribution in [0.15, 0.2) is 0 Å². The van der Waals surface area contributed by atoms with Gasteiger partial charge in [0.25, 0.3) is 0 Å². The average molecular weight is 224 g/mol. The Morgan fingerprint density at radius 2 is 2.00 bits per heavy atom. The Morgan fingerprint density at radius 1 is 1.50 bits per heavy atom. The summed E-state index contributed by atoms with van der Waals surface area (Å²) in [4.78, 5) is 21.1. The fraction of sp³-hybridized carbons (Fsp3) is 0.667. The van der Waals surface area contributed by atoms with E-state index in [-0.39, 0.29) is 12.8 Å². The quantitative estimate of drug-likeness (QED) is 0.508. The molecule has 0 rings (SSSR count). The molecule has 0 radical (unpaired) electrons. The third kappa shape index (κ3) is 6.38. The highest BCUT2D eigenvalue weighted by molar-refractivity contribution is 7.89. The summed E-state index contributed by atoms with van der Waals surface area (Å²) in [5.74, 6) is -1.98. The number of carboxylic acid groups (broad SMARTS) is 1. The highest BCUT2D eigenvalue weighted by Crippen LogP contribution is 1.95. The highest BCUT2D eigenvalue weighted by Gasteiger charge is 2.17. The molecule has 14 heavy (non-hydrogen) atoms. The third-order valence-electron chi connectivity index (χ3n) is 1.29. The van der Waals surface area contributed by atoms with Gasteiger partial charge in [0, 0.05) is 6.42 Å². The van der Waals surface area contributed by atoms with Crippen LogP contribution in [0.25, 0.3) is 0 Å². The standard InChI is InChI=1S/C6H12N2O5S/c1-14(12,13)8-6(11)4(7)2-3-5(9)10/h4H,2-3,7H2,1H3,(H,8,11)(H,9,10). The number of carbonyl (C=O) groups is 2. The zero-order valence-corrected chi connectivity index (χ0v) is 8.37. The summed E-state index contributed by atoms with van der Waals surface area (Å²) in [6, 6.07) is -1.12. The molecule has 0 saturated heterocycles. The van der Waals surface area contributed by atoms with E-state index >= 15 is 0 Å². The first-order valence-electron chi connectivity index (χ1n) is 3.71. The number of aliphatic carboxylic acids is 1. The molecule has 0 saturated carbocycles. The molecular weight excluding hydrogens is 212 g/mol. The number of sulfonamides is 1. The van der Waals surface area contributed by atoms with Crippen LogP contribution in [0.2, 0.25) is 0 Å². The third-order valence-corrected chi connectivity index (χ3v) is 1.86. The van der Waals surface area contributed by atoms with E-state index in [2.05, 4.69) is 0 Å². The number of nitrogens with one attached hydrogen (secondary N) is 1. The van der Waals surface area contributed by atoms with Crippen molar-refractivity contribution in [1.29, 1.82) is 0 Å². The Bertz CT molecular complexity index is 323. The van der Waals surface area contributed by atoms with E-state index in [0.717, 1.165) is 6.26 Å². The Kier molecular flexibility index (Phi) is 4.51. The van der Waals surface area contributed by atoms with Crippen molar-refractivity contribution in [3.05, 3.63) is 0 Å². The number of carboxylic acids is 1. The van der Waals surface area contributed by atoms with E-state index in [1.165, 1.54) is 0 Å². The van der Waals surface area contributed by atoms with Gasteiger partial charge < -0.3 is 10.8 Å². The van der Waals surface area contributed by atoms with Crippen LogP contribution < -0.4 is 10.5 Å². The lowest BCUT2D eigenvalue weighted by molar-refractivity contribution is -0.137. The van der Waals surface area contributed by atoms with Crippen molar-refractivity contribution in [2.45, 2.75) is 18.9 Å². The van der Waals surface area contributed by atoms with Gasteiger partial charge >= 0.3 is 5.97 Å². The molecule has 0 aromatic rings. The minimum atomic E-state index is -3.63. The van der Waals surface area contributed by atoms with Crippen molar-refractivity contribution in [3.63, 3.8) is 0 Å². The molecule has 1 atom stereocenters. The van der Waals surface area contributed by atoms with Gasteiger partial charge in [0.2, 0.25) is 15.9 Å². The van der Waals surface area contributed by atoms with Gasteiger partial charge in [0.1, 0.15) is 0 Å². The molecule has 0 bridgehead atoms. The monoisotopic (exact) mass is 224 g/mol. The van der Waals surface area contributed by atoms with Crippen molar-refractivity contribution in [2.75, 3.05) is 6.26 Å². The Morgan fingerprint density at radius 3 is 2.36 bits per heavy atom. The predicted molar refractivity (Wildman–Crippen MR) is 47.8 cm³/mol. The summed E-state index contributed by atoms with van der Waals surface area (Å²) in [6.45, 7) is 0. The Hall–Kier alpha value is -1.15. The molecule has 1 unspecified atom stereocenters. The van der Waals surface area contributed by atoms with Crippen LogP contribution in [-0.4, -0.2) is 37.7 Å². The van der Waals surface area contributed by atoms with Crippen molar-refractivity contribution in [3.8, 4) is 0 Å². The second-order valence-corrected chi connectivity index (χ2v) is 4.53. The molecule has 7 nitrogen and oxygen atoms in total. The van der Waals surface area contributed by atoms with Gasteiger partial charge in [-0.15, -0.1) is 0 Å². The number of carbonyl (C=O) groups excluding carboxylic acids is 1. The van der Waals surface area contributed by atoms with Gasteiger partial charge in [-0.05, 0) is 6.42 Å². The van der Waals surface area contributed by atoms with Crippen molar-refractivity contribution >= 4 is 21.9 Å². The fourth-order valence-electron chi connectivity index (χ4n) is 0.668. The number of rotatable bonds is 5. The zero-order chi connectivity index (χ0) is 11.4. The zero-order valence-electron chi connectivity index (χ0n) is 7.56. The predicted octanol–water partition coefficient (Wildman–Crippen LogP) is -1.75. The topological polar surface area (TPSA) is 127 Å². The first kappa shape index (κ1) is 12.8. The lowest BCUT2D eigenvalue weighted by Gasteiger charge is -2.09. The summed E-state index contributed by atoms with van der Waals surface area (Å²) < 4.78 is 22.8. The van der Waals surface area contributed by atoms with E-state index in [4.69, 9.17) is 10.8 Å². The van der Waals surface area contributed by atoms with Crippen LogP contribution in [0.3, 0.4) is 0 Å². The molecule has 0 fully saturated rings. The van der Waals surface area contributed by atoms with E-state index in [1.54, 1.807) is 4.72 Å². The largest absolute Gasteiger partial charge is 0.481 e. The van der Waals surface area contributed by atoms with Gasteiger partial charge in [0.05, 0.1) is 12.3 Å². The summed E-state index contributed by atoms with van der Waals surface area (Å²) in [7, 11) is -3.63. The summed E-state index contributed by atoms with van der Waals surface area (Å²) in [6.07, 6.45) is 0.434. The lowest BCUT2D eigenvalue weighted by Crippen LogP contribution is -2.43. The number of hydrogen-bond acceptors (Lipinski definition) is 5. The van der Waals surface area contributed by atoms with Crippen LogP contribution in [-0.2, 0) is 19.6 Å².